The highest BCUT2D eigenvalue weighted by Crippen LogP contribution is 2.32. The molecule has 3 aromatic heterocycles. The van der Waals surface area contributed by atoms with Crippen LogP contribution in [0.3, 0.4) is 0 Å². The summed E-state index contributed by atoms with van der Waals surface area (Å²) < 4.78 is 35.5. The topological polar surface area (TPSA) is 124 Å². The minimum absolute atomic E-state index is 0.156. The summed E-state index contributed by atoms with van der Waals surface area (Å²) in [5, 5.41) is 18.1. The zero-order chi connectivity index (χ0) is 25.3. The van der Waals surface area contributed by atoms with Crippen molar-refractivity contribution in [1.29, 1.82) is 0 Å². The average Bonchev–Trinajstić information content (AvgIpc) is 3.45. The number of aromatic nitrogens is 5. The van der Waals surface area contributed by atoms with Gasteiger partial charge in [-0.1, -0.05) is 30.3 Å². The molecule has 1 aliphatic carbocycles. The zero-order valence-corrected chi connectivity index (χ0v) is 21.1. The number of aliphatic hydroxyl groups is 1. The van der Waals surface area contributed by atoms with E-state index in [2.05, 4.69) is 20.4 Å². The lowest BCUT2D eigenvalue weighted by Gasteiger charge is -2.26. The predicted molar refractivity (Wildman–Crippen MR) is 137 cm³/mol. The van der Waals surface area contributed by atoms with Gasteiger partial charge in [0.2, 0.25) is 21.9 Å². The van der Waals surface area contributed by atoms with Gasteiger partial charge in [0.25, 0.3) is 0 Å². The summed E-state index contributed by atoms with van der Waals surface area (Å²) in [6.45, 7) is 4.19. The monoisotopic (exact) mass is 510 g/mol. The third kappa shape index (κ3) is 4.80. The second kappa shape index (κ2) is 9.90. The fraction of sp³-hybridized carbons (Fsp3) is 0.400. The number of fused-ring (bicyclic) bond motifs is 1. The Morgan fingerprint density at radius 1 is 1.11 bits per heavy atom. The molecule has 1 saturated carbocycles. The van der Waals surface area contributed by atoms with Crippen molar-refractivity contribution < 1.29 is 18.3 Å². The van der Waals surface area contributed by atoms with E-state index in [4.69, 9.17) is 4.74 Å². The van der Waals surface area contributed by atoms with Crippen LogP contribution >= 0.6 is 0 Å². The highest BCUT2D eigenvalue weighted by atomic mass is 32.2. The molecule has 1 aliphatic rings. The number of rotatable bonds is 8. The first-order chi connectivity index (χ1) is 17.4. The minimum Gasteiger partial charge on any atom is -0.477 e. The molecule has 1 fully saturated rings. The zero-order valence-electron chi connectivity index (χ0n) is 20.3. The van der Waals surface area contributed by atoms with E-state index in [0.717, 1.165) is 37.1 Å². The van der Waals surface area contributed by atoms with Crippen molar-refractivity contribution in [3.05, 3.63) is 60.0 Å². The first kappa shape index (κ1) is 24.3. The molecule has 0 spiro atoms. The summed E-state index contributed by atoms with van der Waals surface area (Å²) in [5.41, 5.74) is 2.59. The Hall–Kier alpha value is -3.44. The Bertz CT molecular complexity index is 1460. The number of anilines is 2. The first-order valence-electron chi connectivity index (χ1n) is 12.1. The van der Waals surface area contributed by atoms with Crippen LogP contribution in [0.4, 0.5) is 11.6 Å². The number of hydrogen-bond acceptors (Lipinski definition) is 8. The molecular weight excluding hydrogens is 480 g/mol. The van der Waals surface area contributed by atoms with Crippen LogP contribution in [-0.4, -0.2) is 50.0 Å². The van der Waals surface area contributed by atoms with Crippen molar-refractivity contribution in [2.75, 3.05) is 11.9 Å². The second-order valence-corrected chi connectivity index (χ2v) is 10.9. The quantitative estimate of drug-likeness (QED) is 0.365. The van der Waals surface area contributed by atoms with E-state index in [1.165, 1.54) is 10.2 Å². The number of nitrogens with zero attached hydrogens (tertiary/aromatic N) is 5. The van der Waals surface area contributed by atoms with Crippen molar-refractivity contribution in [3.8, 4) is 5.88 Å². The van der Waals surface area contributed by atoms with E-state index in [1.807, 2.05) is 36.7 Å². The standard InChI is InChI=1S/C25H30N6O4S/c1-3-35-24-21-13-14-30(36(33,34)16-18-7-5-4-6-8-18)23(21)28-25(29-24)27-22-15-26-31(17(22)2)19-9-11-20(32)12-10-19/h4-8,13-15,19-20,32H,3,9-12,16H2,1-2H3,(H,27,28,29). The fourth-order valence-electron chi connectivity index (χ4n) is 4.68. The van der Waals surface area contributed by atoms with Crippen LogP contribution in [0.25, 0.3) is 11.0 Å². The maximum atomic E-state index is 13.3. The third-order valence-corrected chi connectivity index (χ3v) is 8.14. The molecule has 0 amide bonds. The minimum atomic E-state index is -3.73. The maximum absolute atomic E-state index is 13.3. The molecule has 0 unspecified atom stereocenters. The summed E-state index contributed by atoms with van der Waals surface area (Å²) in [6, 6.07) is 10.9. The van der Waals surface area contributed by atoms with Crippen LogP contribution in [0, 0.1) is 6.92 Å². The summed E-state index contributed by atoms with van der Waals surface area (Å²) in [6.07, 6.45) is 6.24. The Labute approximate surface area is 210 Å². The number of aliphatic hydroxyl groups excluding tert-OH is 1. The van der Waals surface area contributed by atoms with E-state index in [9.17, 15) is 13.5 Å². The summed E-state index contributed by atoms with van der Waals surface area (Å²) in [4.78, 5) is 9.08. The molecule has 11 heteroatoms. The molecule has 0 aliphatic heterocycles. The van der Waals surface area contributed by atoms with Gasteiger partial charge in [-0.2, -0.15) is 15.1 Å². The molecule has 10 nitrogen and oxygen atoms in total. The van der Waals surface area contributed by atoms with E-state index >= 15 is 0 Å². The van der Waals surface area contributed by atoms with Crippen molar-refractivity contribution in [2.24, 2.45) is 0 Å². The smallest absolute Gasteiger partial charge is 0.244 e. The van der Waals surface area contributed by atoms with Crippen molar-refractivity contribution in [3.63, 3.8) is 0 Å². The maximum Gasteiger partial charge on any atom is 0.244 e. The van der Waals surface area contributed by atoms with Gasteiger partial charge in [-0.25, -0.2) is 12.4 Å². The molecule has 4 aromatic rings. The van der Waals surface area contributed by atoms with Gasteiger partial charge >= 0.3 is 0 Å². The highest BCUT2D eigenvalue weighted by Gasteiger charge is 2.24. The number of ether oxygens (including phenoxy) is 1. The number of hydrogen-bond donors (Lipinski definition) is 2. The van der Waals surface area contributed by atoms with Crippen LogP contribution in [-0.2, 0) is 15.8 Å². The highest BCUT2D eigenvalue weighted by molar-refractivity contribution is 7.89. The third-order valence-electron chi connectivity index (χ3n) is 6.55. The van der Waals surface area contributed by atoms with Crippen LogP contribution in [0.2, 0.25) is 0 Å². The van der Waals surface area contributed by atoms with Crippen molar-refractivity contribution >= 4 is 32.7 Å². The molecule has 0 saturated heterocycles. The van der Waals surface area contributed by atoms with E-state index in [1.54, 1.807) is 24.4 Å². The van der Waals surface area contributed by atoms with Crippen LogP contribution < -0.4 is 10.1 Å². The first-order valence-corrected chi connectivity index (χ1v) is 13.7. The number of benzene rings is 1. The van der Waals surface area contributed by atoms with Gasteiger partial charge in [-0.3, -0.25) is 4.68 Å². The summed E-state index contributed by atoms with van der Waals surface area (Å²) >= 11 is 0. The molecule has 2 N–H and O–H groups in total. The van der Waals surface area contributed by atoms with Gasteiger partial charge in [-0.15, -0.1) is 0 Å². The molecule has 5 rings (SSSR count). The van der Waals surface area contributed by atoms with Crippen LogP contribution in [0.1, 0.15) is 49.9 Å². The Balaban J connectivity index is 1.48. The Morgan fingerprint density at radius 3 is 2.58 bits per heavy atom. The van der Waals surface area contributed by atoms with E-state index in [-0.39, 0.29) is 29.5 Å². The molecule has 36 heavy (non-hydrogen) atoms. The van der Waals surface area contributed by atoms with Gasteiger partial charge in [0.05, 0.1) is 47.5 Å². The van der Waals surface area contributed by atoms with Crippen molar-refractivity contribution in [2.45, 2.75) is 57.4 Å². The molecule has 190 valence electrons. The van der Waals surface area contributed by atoms with Crippen molar-refractivity contribution in [1.82, 2.24) is 23.7 Å². The second-order valence-electron chi connectivity index (χ2n) is 9.05. The lowest BCUT2D eigenvalue weighted by Crippen LogP contribution is -2.22. The van der Waals surface area contributed by atoms with Crippen LogP contribution in [0.5, 0.6) is 5.88 Å². The van der Waals surface area contributed by atoms with Gasteiger partial charge in [-0.05, 0) is 51.2 Å². The average molecular weight is 511 g/mol. The normalized spacial score (nSPS) is 18.4. The SMILES string of the molecule is CCOc1nc(Nc2cnn(C3CCC(O)CC3)c2C)nc2c1ccn2S(=O)(=O)Cc1ccccc1. The van der Waals surface area contributed by atoms with Gasteiger partial charge in [0, 0.05) is 6.20 Å². The molecule has 0 atom stereocenters. The molecule has 0 radical (unpaired) electrons. The lowest BCUT2D eigenvalue weighted by atomic mass is 9.93. The van der Waals surface area contributed by atoms with Gasteiger partial charge < -0.3 is 15.2 Å². The van der Waals surface area contributed by atoms with Gasteiger partial charge in [0.15, 0.2) is 5.65 Å². The lowest BCUT2D eigenvalue weighted by molar-refractivity contribution is 0.107. The Kier molecular flexibility index (Phi) is 6.67. The fourth-order valence-corrected chi connectivity index (χ4v) is 6.08. The molecular formula is C25H30N6O4S. The van der Waals surface area contributed by atoms with Gasteiger partial charge in [0.1, 0.15) is 0 Å². The van der Waals surface area contributed by atoms with Crippen LogP contribution in [0.15, 0.2) is 48.8 Å². The number of nitrogens with one attached hydrogen (secondary N) is 1. The largest absolute Gasteiger partial charge is 0.477 e. The predicted octanol–water partition coefficient (Wildman–Crippen LogP) is 3.93. The Morgan fingerprint density at radius 2 is 1.86 bits per heavy atom. The summed E-state index contributed by atoms with van der Waals surface area (Å²) in [5.74, 6) is 0.378. The molecule has 3 heterocycles. The van der Waals surface area contributed by atoms with E-state index < -0.39 is 10.0 Å². The molecule has 1 aromatic carbocycles. The molecule has 0 bridgehead atoms. The van der Waals surface area contributed by atoms with E-state index in [0.29, 0.717) is 23.4 Å². The summed E-state index contributed by atoms with van der Waals surface area (Å²) in [7, 11) is -3.73.